The zero-order chi connectivity index (χ0) is 9.10. The van der Waals surface area contributed by atoms with E-state index in [2.05, 4.69) is 6.07 Å². The van der Waals surface area contributed by atoms with Crippen molar-refractivity contribution in [2.75, 3.05) is 0 Å². The predicted molar refractivity (Wildman–Crippen MR) is 52.4 cm³/mol. The smallest absolute Gasteiger partial charge is 0.123 e. The van der Waals surface area contributed by atoms with E-state index in [0.717, 1.165) is 11.1 Å². The summed E-state index contributed by atoms with van der Waals surface area (Å²) in [6.07, 6.45) is 0. The van der Waals surface area contributed by atoms with Crippen LogP contribution in [-0.4, -0.2) is 5.11 Å². The second kappa shape index (κ2) is 3.31. The molecule has 1 N–H and O–H groups in total. The van der Waals surface area contributed by atoms with E-state index in [9.17, 15) is 0 Å². The van der Waals surface area contributed by atoms with Crippen molar-refractivity contribution in [2.45, 2.75) is 0 Å². The highest BCUT2D eigenvalue weighted by molar-refractivity contribution is 5.63. The Kier molecular flexibility index (Phi) is 2.01. The third-order valence-electron chi connectivity index (χ3n) is 1.90. The maximum atomic E-state index is 9.05. The van der Waals surface area contributed by atoms with E-state index >= 15 is 0 Å². The number of hydrogen-bond acceptors (Lipinski definition) is 1. The first-order valence-corrected chi connectivity index (χ1v) is 4.12. The van der Waals surface area contributed by atoms with Gasteiger partial charge in [0, 0.05) is 6.07 Å². The molecule has 1 radical (unpaired) electrons. The first kappa shape index (κ1) is 7.87. The minimum atomic E-state index is 0.180. The fourth-order valence-corrected chi connectivity index (χ4v) is 1.23. The SMILES string of the molecule is Oc1[c]cc(-c2ccccc2)cc1. The van der Waals surface area contributed by atoms with E-state index in [0.29, 0.717) is 0 Å². The molecule has 0 bridgehead atoms. The molecule has 13 heavy (non-hydrogen) atoms. The Hall–Kier alpha value is -1.76. The van der Waals surface area contributed by atoms with Crippen LogP contribution in [0.15, 0.2) is 48.5 Å². The molecule has 0 saturated heterocycles. The molecule has 2 aromatic rings. The Morgan fingerprint density at radius 2 is 1.62 bits per heavy atom. The second-order valence-corrected chi connectivity index (χ2v) is 2.83. The summed E-state index contributed by atoms with van der Waals surface area (Å²) in [6, 6.07) is 18.1. The lowest BCUT2D eigenvalue weighted by atomic mass is 10.1. The van der Waals surface area contributed by atoms with Crippen LogP contribution in [-0.2, 0) is 0 Å². The Balaban J connectivity index is 2.42. The van der Waals surface area contributed by atoms with Crippen molar-refractivity contribution in [3.8, 4) is 16.9 Å². The van der Waals surface area contributed by atoms with Crippen molar-refractivity contribution in [3.05, 3.63) is 54.6 Å². The third-order valence-corrected chi connectivity index (χ3v) is 1.90. The van der Waals surface area contributed by atoms with E-state index in [-0.39, 0.29) is 5.75 Å². The normalized spacial score (nSPS) is 9.85. The van der Waals surface area contributed by atoms with E-state index < -0.39 is 0 Å². The Bertz CT molecular complexity index is 376. The molecule has 0 atom stereocenters. The molecule has 0 aliphatic rings. The minimum Gasteiger partial charge on any atom is -0.507 e. The van der Waals surface area contributed by atoms with E-state index in [1.807, 2.05) is 36.4 Å². The Morgan fingerprint density at radius 1 is 0.846 bits per heavy atom. The van der Waals surface area contributed by atoms with Gasteiger partial charge in [-0.1, -0.05) is 36.4 Å². The van der Waals surface area contributed by atoms with Gasteiger partial charge in [-0.05, 0) is 23.3 Å². The van der Waals surface area contributed by atoms with Crippen molar-refractivity contribution in [2.24, 2.45) is 0 Å². The van der Waals surface area contributed by atoms with Crippen LogP contribution in [0.1, 0.15) is 0 Å². The molecule has 2 aromatic carbocycles. The van der Waals surface area contributed by atoms with E-state index in [1.165, 1.54) is 0 Å². The van der Waals surface area contributed by atoms with Gasteiger partial charge in [-0.25, -0.2) is 0 Å². The maximum Gasteiger partial charge on any atom is 0.123 e. The summed E-state index contributed by atoms with van der Waals surface area (Å²) in [5, 5.41) is 9.05. The summed E-state index contributed by atoms with van der Waals surface area (Å²) >= 11 is 0. The van der Waals surface area contributed by atoms with Crippen LogP contribution in [0.5, 0.6) is 5.75 Å². The van der Waals surface area contributed by atoms with Crippen LogP contribution in [0.4, 0.5) is 0 Å². The molecule has 2 rings (SSSR count). The lowest BCUT2D eigenvalue weighted by Gasteiger charge is -1.99. The standard InChI is InChI=1S/C12H9O/c13-12-8-6-11(7-9-12)10-4-2-1-3-5-10/h1-8,13H. The van der Waals surface area contributed by atoms with Gasteiger partial charge in [-0.15, -0.1) is 0 Å². The average Bonchev–Trinajstić information content (AvgIpc) is 2.20. The summed E-state index contributed by atoms with van der Waals surface area (Å²) in [4.78, 5) is 0. The summed E-state index contributed by atoms with van der Waals surface area (Å²) in [5.74, 6) is 0.180. The number of benzene rings is 2. The summed E-state index contributed by atoms with van der Waals surface area (Å²) in [5.41, 5.74) is 2.21. The molecule has 0 saturated carbocycles. The predicted octanol–water partition coefficient (Wildman–Crippen LogP) is 2.86. The second-order valence-electron chi connectivity index (χ2n) is 2.83. The van der Waals surface area contributed by atoms with Gasteiger partial charge in [0.05, 0.1) is 0 Å². The molecule has 0 aliphatic heterocycles. The lowest BCUT2D eigenvalue weighted by molar-refractivity contribution is 0.474. The first-order chi connectivity index (χ1) is 6.36. The number of aromatic hydroxyl groups is 1. The van der Waals surface area contributed by atoms with E-state index in [4.69, 9.17) is 5.11 Å². The molecule has 0 fully saturated rings. The molecule has 1 heteroatoms. The van der Waals surface area contributed by atoms with Crippen molar-refractivity contribution in [1.82, 2.24) is 0 Å². The van der Waals surface area contributed by atoms with Gasteiger partial charge in [-0.3, -0.25) is 0 Å². The van der Waals surface area contributed by atoms with Gasteiger partial charge in [0.1, 0.15) is 5.75 Å². The summed E-state index contributed by atoms with van der Waals surface area (Å²) < 4.78 is 0. The van der Waals surface area contributed by atoms with E-state index in [1.54, 1.807) is 12.1 Å². The molecule has 0 aliphatic carbocycles. The summed E-state index contributed by atoms with van der Waals surface area (Å²) in [7, 11) is 0. The first-order valence-electron chi connectivity index (χ1n) is 4.12. The quantitative estimate of drug-likeness (QED) is 0.696. The van der Waals surface area contributed by atoms with Gasteiger partial charge in [0.2, 0.25) is 0 Å². The molecular formula is C12H9O. The maximum absolute atomic E-state index is 9.05. The van der Waals surface area contributed by atoms with Crippen LogP contribution in [0.25, 0.3) is 11.1 Å². The van der Waals surface area contributed by atoms with Gasteiger partial charge in [0.25, 0.3) is 0 Å². The molecule has 0 amide bonds. The molecule has 0 heterocycles. The van der Waals surface area contributed by atoms with Crippen LogP contribution in [0.2, 0.25) is 0 Å². The highest BCUT2D eigenvalue weighted by Crippen LogP contribution is 2.20. The zero-order valence-corrected chi connectivity index (χ0v) is 7.07. The van der Waals surface area contributed by atoms with Gasteiger partial charge < -0.3 is 5.11 Å². The molecule has 0 aromatic heterocycles. The number of phenols is 1. The molecule has 0 spiro atoms. The third kappa shape index (κ3) is 1.70. The molecule has 0 unspecified atom stereocenters. The highest BCUT2D eigenvalue weighted by atomic mass is 16.3. The van der Waals surface area contributed by atoms with Gasteiger partial charge in [0.15, 0.2) is 0 Å². The number of phenolic OH excluding ortho intramolecular Hbond substituents is 1. The van der Waals surface area contributed by atoms with Crippen LogP contribution < -0.4 is 0 Å². The van der Waals surface area contributed by atoms with Crippen LogP contribution in [0, 0.1) is 6.07 Å². The van der Waals surface area contributed by atoms with Crippen molar-refractivity contribution >= 4 is 0 Å². The Labute approximate surface area is 77.3 Å². The van der Waals surface area contributed by atoms with Gasteiger partial charge in [-0.2, -0.15) is 0 Å². The number of rotatable bonds is 1. The number of hydrogen-bond donors (Lipinski definition) is 1. The van der Waals surface area contributed by atoms with Crippen LogP contribution in [0.3, 0.4) is 0 Å². The van der Waals surface area contributed by atoms with Crippen molar-refractivity contribution in [1.29, 1.82) is 0 Å². The fraction of sp³-hybridized carbons (Fsp3) is 0. The molecule has 1 nitrogen and oxygen atoms in total. The van der Waals surface area contributed by atoms with Crippen molar-refractivity contribution in [3.63, 3.8) is 0 Å². The topological polar surface area (TPSA) is 20.2 Å². The monoisotopic (exact) mass is 169 g/mol. The van der Waals surface area contributed by atoms with Crippen LogP contribution >= 0.6 is 0 Å². The lowest BCUT2D eigenvalue weighted by Crippen LogP contribution is -1.75. The zero-order valence-electron chi connectivity index (χ0n) is 7.07. The largest absolute Gasteiger partial charge is 0.507 e. The average molecular weight is 169 g/mol. The Morgan fingerprint density at radius 3 is 2.23 bits per heavy atom. The van der Waals surface area contributed by atoms with Gasteiger partial charge >= 0.3 is 0 Å². The van der Waals surface area contributed by atoms with Crippen molar-refractivity contribution < 1.29 is 5.11 Å². The molecule has 63 valence electrons. The molecular weight excluding hydrogens is 160 g/mol. The minimum absolute atomic E-state index is 0.180. The summed E-state index contributed by atoms with van der Waals surface area (Å²) in [6.45, 7) is 0. The fourth-order valence-electron chi connectivity index (χ4n) is 1.23. The highest BCUT2D eigenvalue weighted by Gasteiger charge is 1.95.